The minimum atomic E-state index is -4.66. The molecular formula is C21H12F3N7O2. The molecule has 164 valence electrons. The molecule has 0 unspecified atom stereocenters. The lowest BCUT2D eigenvalue weighted by Gasteiger charge is -2.12. The van der Waals surface area contributed by atoms with Crippen LogP contribution in [0.2, 0.25) is 0 Å². The van der Waals surface area contributed by atoms with E-state index in [0.29, 0.717) is 11.3 Å². The van der Waals surface area contributed by atoms with Crippen LogP contribution in [-0.4, -0.2) is 35.8 Å². The van der Waals surface area contributed by atoms with E-state index < -0.39 is 17.8 Å². The Balaban J connectivity index is 1.83. The molecule has 0 amide bonds. The number of rotatable bonds is 5. The summed E-state index contributed by atoms with van der Waals surface area (Å²) in [7, 11) is 0. The van der Waals surface area contributed by atoms with Gasteiger partial charge >= 0.3 is 12.1 Å². The van der Waals surface area contributed by atoms with Crippen LogP contribution in [-0.2, 0) is 6.18 Å². The Hall–Kier alpha value is -4.79. The number of nitriles is 1. The third-order valence-corrected chi connectivity index (χ3v) is 4.41. The van der Waals surface area contributed by atoms with Gasteiger partial charge in [-0.1, -0.05) is 6.07 Å². The molecule has 0 saturated carbocycles. The Morgan fingerprint density at radius 2 is 1.97 bits per heavy atom. The van der Waals surface area contributed by atoms with Crippen molar-refractivity contribution in [2.75, 3.05) is 5.32 Å². The monoisotopic (exact) mass is 451 g/mol. The summed E-state index contributed by atoms with van der Waals surface area (Å²) in [5, 5.41) is 24.7. The topological polar surface area (TPSA) is 130 Å². The molecular weight excluding hydrogens is 439 g/mol. The Morgan fingerprint density at radius 1 is 1.15 bits per heavy atom. The average molecular weight is 451 g/mol. The van der Waals surface area contributed by atoms with Crippen LogP contribution in [0.15, 0.2) is 61.2 Å². The van der Waals surface area contributed by atoms with E-state index in [0.717, 1.165) is 23.1 Å². The van der Waals surface area contributed by atoms with Crippen molar-refractivity contribution in [1.82, 2.24) is 24.7 Å². The Bertz CT molecular complexity index is 1390. The van der Waals surface area contributed by atoms with Gasteiger partial charge in [0.2, 0.25) is 5.95 Å². The van der Waals surface area contributed by atoms with Crippen molar-refractivity contribution in [3.8, 4) is 23.0 Å². The van der Waals surface area contributed by atoms with E-state index in [1.807, 2.05) is 6.07 Å². The van der Waals surface area contributed by atoms with Gasteiger partial charge in [0.25, 0.3) is 0 Å². The third-order valence-electron chi connectivity index (χ3n) is 4.41. The number of aromatic carboxylic acids is 1. The predicted molar refractivity (Wildman–Crippen MR) is 109 cm³/mol. The summed E-state index contributed by atoms with van der Waals surface area (Å²) in [6.07, 6.45) is 0.216. The van der Waals surface area contributed by atoms with E-state index in [9.17, 15) is 23.1 Å². The fraction of sp³-hybridized carbons (Fsp3) is 0.0476. The molecule has 0 aliphatic rings. The van der Waals surface area contributed by atoms with Gasteiger partial charge in [-0.05, 0) is 30.3 Å². The van der Waals surface area contributed by atoms with Crippen LogP contribution >= 0.6 is 0 Å². The van der Waals surface area contributed by atoms with Gasteiger partial charge in [-0.2, -0.15) is 28.5 Å². The van der Waals surface area contributed by atoms with E-state index in [2.05, 4.69) is 25.4 Å². The number of nitrogens with zero attached hydrogens (tertiary/aromatic N) is 6. The number of carbonyl (C=O) groups is 1. The SMILES string of the molecule is N#Cc1cccc(Nc2ncc(-c3cncc(C(=O)O)c3)c(-n3ccc(C(F)(F)F)n3)n2)c1. The standard InChI is InChI=1S/C21H12F3N7O2/c22-21(23,24)17-4-5-31(30-17)18-16(13-7-14(19(32)33)10-26-9-13)11-27-20(29-18)28-15-3-1-2-12(6-15)8-25/h1-7,9-11H,(H,32,33)(H,27,28,29). The first-order valence-corrected chi connectivity index (χ1v) is 9.21. The largest absolute Gasteiger partial charge is 0.478 e. The molecule has 4 rings (SSSR count). The Kier molecular flexibility index (Phi) is 5.45. The van der Waals surface area contributed by atoms with Crippen LogP contribution in [0.1, 0.15) is 21.6 Å². The number of nitrogens with one attached hydrogen (secondary N) is 1. The van der Waals surface area contributed by atoms with Crippen molar-refractivity contribution < 1.29 is 23.1 Å². The van der Waals surface area contributed by atoms with Gasteiger partial charge in [-0.3, -0.25) is 4.98 Å². The van der Waals surface area contributed by atoms with E-state index in [4.69, 9.17) is 5.26 Å². The third kappa shape index (κ3) is 4.62. The molecule has 1 aromatic carbocycles. The van der Waals surface area contributed by atoms with Crippen LogP contribution in [0.3, 0.4) is 0 Å². The van der Waals surface area contributed by atoms with Gasteiger partial charge in [0.15, 0.2) is 11.5 Å². The molecule has 0 spiro atoms. The summed E-state index contributed by atoms with van der Waals surface area (Å²) in [6.45, 7) is 0. The first-order valence-electron chi connectivity index (χ1n) is 9.21. The average Bonchev–Trinajstić information content (AvgIpc) is 3.30. The van der Waals surface area contributed by atoms with Crippen molar-refractivity contribution in [3.05, 3.63) is 78.0 Å². The maximum atomic E-state index is 13.1. The van der Waals surface area contributed by atoms with Crippen molar-refractivity contribution in [2.45, 2.75) is 6.18 Å². The van der Waals surface area contributed by atoms with Crippen LogP contribution in [0.25, 0.3) is 16.9 Å². The van der Waals surface area contributed by atoms with Gasteiger partial charge in [-0.15, -0.1) is 0 Å². The predicted octanol–water partition coefficient (Wildman–Crippen LogP) is 4.06. The number of alkyl halides is 3. The second-order valence-corrected chi connectivity index (χ2v) is 6.66. The second-order valence-electron chi connectivity index (χ2n) is 6.66. The molecule has 9 nitrogen and oxygen atoms in total. The van der Waals surface area contributed by atoms with E-state index >= 15 is 0 Å². The zero-order chi connectivity index (χ0) is 23.6. The number of anilines is 2. The van der Waals surface area contributed by atoms with E-state index in [-0.39, 0.29) is 28.5 Å². The fourth-order valence-electron chi connectivity index (χ4n) is 2.90. The first kappa shape index (κ1) is 21.4. The number of carboxylic acid groups (broad SMARTS) is 1. The molecule has 0 aliphatic carbocycles. The molecule has 0 atom stereocenters. The van der Waals surface area contributed by atoms with Crippen LogP contribution < -0.4 is 5.32 Å². The molecule has 3 heterocycles. The number of aromatic nitrogens is 5. The zero-order valence-corrected chi connectivity index (χ0v) is 16.4. The lowest BCUT2D eigenvalue weighted by Crippen LogP contribution is -2.10. The fourth-order valence-corrected chi connectivity index (χ4v) is 2.90. The van der Waals surface area contributed by atoms with Gasteiger partial charge < -0.3 is 10.4 Å². The van der Waals surface area contributed by atoms with Crippen LogP contribution in [0.4, 0.5) is 24.8 Å². The smallest absolute Gasteiger partial charge is 0.435 e. The van der Waals surface area contributed by atoms with Crippen molar-refractivity contribution in [3.63, 3.8) is 0 Å². The molecule has 0 radical (unpaired) electrons. The molecule has 12 heteroatoms. The number of pyridine rings is 1. The molecule has 0 fully saturated rings. The molecule has 0 aliphatic heterocycles. The van der Waals surface area contributed by atoms with Crippen LogP contribution in [0.5, 0.6) is 0 Å². The second kappa shape index (κ2) is 8.39. The van der Waals surface area contributed by atoms with Gasteiger partial charge in [0, 0.05) is 41.6 Å². The molecule has 33 heavy (non-hydrogen) atoms. The van der Waals surface area contributed by atoms with Gasteiger partial charge in [0.05, 0.1) is 17.2 Å². The van der Waals surface area contributed by atoms with Crippen molar-refractivity contribution >= 4 is 17.6 Å². The zero-order valence-electron chi connectivity index (χ0n) is 16.4. The molecule has 4 aromatic rings. The Morgan fingerprint density at radius 3 is 2.67 bits per heavy atom. The van der Waals surface area contributed by atoms with E-state index in [1.54, 1.807) is 24.3 Å². The minimum Gasteiger partial charge on any atom is -0.478 e. The van der Waals surface area contributed by atoms with Crippen LogP contribution in [0, 0.1) is 11.3 Å². The summed E-state index contributed by atoms with van der Waals surface area (Å²) < 4.78 is 40.2. The summed E-state index contributed by atoms with van der Waals surface area (Å²) in [6, 6.07) is 10.5. The molecule has 2 N–H and O–H groups in total. The number of hydrogen-bond donors (Lipinski definition) is 2. The normalized spacial score (nSPS) is 11.1. The Labute approximate surface area is 183 Å². The van der Waals surface area contributed by atoms with Crippen molar-refractivity contribution in [1.29, 1.82) is 5.26 Å². The minimum absolute atomic E-state index is 0.0234. The summed E-state index contributed by atoms with van der Waals surface area (Å²) in [5.41, 5.74) is 0.103. The molecule has 0 saturated heterocycles. The van der Waals surface area contributed by atoms with Crippen molar-refractivity contribution in [2.24, 2.45) is 0 Å². The summed E-state index contributed by atoms with van der Waals surface area (Å²) in [4.78, 5) is 23.7. The lowest BCUT2D eigenvalue weighted by atomic mass is 10.1. The highest BCUT2D eigenvalue weighted by molar-refractivity contribution is 5.89. The molecule has 0 bridgehead atoms. The summed E-state index contributed by atoms with van der Waals surface area (Å²) >= 11 is 0. The van der Waals surface area contributed by atoms with E-state index in [1.165, 1.54) is 18.5 Å². The number of benzene rings is 1. The quantitative estimate of drug-likeness (QED) is 0.465. The highest BCUT2D eigenvalue weighted by Crippen LogP contribution is 2.30. The number of hydrogen-bond acceptors (Lipinski definition) is 7. The first-order chi connectivity index (χ1) is 15.7. The highest BCUT2D eigenvalue weighted by Gasteiger charge is 2.34. The molecule has 3 aromatic heterocycles. The highest BCUT2D eigenvalue weighted by atomic mass is 19.4. The summed E-state index contributed by atoms with van der Waals surface area (Å²) in [5.74, 6) is -1.24. The maximum Gasteiger partial charge on any atom is 0.435 e. The maximum absolute atomic E-state index is 13.1. The number of carboxylic acids is 1. The van der Waals surface area contributed by atoms with Gasteiger partial charge in [-0.25, -0.2) is 14.5 Å². The number of halogens is 3. The van der Waals surface area contributed by atoms with Gasteiger partial charge in [0.1, 0.15) is 0 Å². The lowest BCUT2D eigenvalue weighted by molar-refractivity contribution is -0.141.